The Morgan fingerprint density at radius 2 is 2.00 bits per heavy atom. The Bertz CT molecular complexity index is 547. The van der Waals surface area contributed by atoms with Crippen LogP contribution in [0.15, 0.2) is 29.2 Å². The van der Waals surface area contributed by atoms with Crippen molar-refractivity contribution in [2.24, 2.45) is 0 Å². The molecule has 1 rings (SSSR count). The van der Waals surface area contributed by atoms with Crippen LogP contribution in [-0.2, 0) is 21.3 Å². The van der Waals surface area contributed by atoms with Crippen LogP contribution in [0.3, 0.4) is 0 Å². The Kier molecular flexibility index (Phi) is 6.59. The van der Waals surface area contributed by atoms with Crippen LogP contribution in [0.25, 0.3) is 0 Å². The molecule has 0 fully saturated rings. The highest BCUT2D eigenvalue weighted by Gasteiger charge is 2.27. The highest BCUT2D eigenvalue weighted by molar-refractivity contribution is 7.89. The molecule has 120 valence electrons. The maximum atomic E-state index is 11.9. The van der Waals surface area contributed by atoms with Gasteiger partial charge in [0.25, 0.3) is 0 Å². The van der Waals surface area contributed by atoms with Gasteiger partial charge in [0.2, 0.25) is 10.0 Å². The Morgan fingerprint density at radius 1 is 1.29 bits per heavy atom. The molecular weight excluding hydrogens is 309 g/mol. The lowest BCUT2D eigenvalue weighted by molar-refractivity contribution is -0.173. The van der Waals surface area contributed by atoms with E-state index in [1.807, 2.05) is 0 Å². The van der Waals surface area contributed by atoms with E-state index in [0.717, 1.165) is 5.56 Å². The summed E-state index contributed by atoms with van der Waals surface area (Å²) in [6.07, 6.45) is -4.42. The van der Waals surface area contributed by atoms with Gasteiger partial charge in [0.05, 0.1) is 11.5 Å². The van der Waals surface area contributed by atoms with Gasteiger partial charge in [0.1, 0.15) is 6.61 Å². The maximum absolute atomic E-state index is 11.9. The predicted molar refractivity (Wildman–Crippen MR) is 71.3 cm³/mol. The Morgan fingerprint density at radius 3 is 2.62 bits per heavy atom. The van der Waals surface area contributed by atoms with Crippen LogP contribution in [0.4, 0.5) is 13.2 Å². The minimum Gasteiger partial charge on any atom is -0.371 e. The lowest BCUT2D eigenvalue weighted by Crippen LogP contribution is -2.29. The van der Waals surface area contributed by atoms with Gasteiger partial charge >= 0.3 is 6.18 Å². The van der Waals surface area contributed by atoms with Gasteiger partial charge in [-0.3, -0.25) is 0 Å². The lowest BCUT2D eigenvalue weighted by atomic mass is 10.2. The van der Waals surface area contributed by atoms with Gasteiger partial charge in [0, 0.05) is 13.1 Å². The van der Waals surface area contributed by atoms with Crippen molar-refractivity contribution in [3.63, 3.8) is 0 Å². The summed E-state index contributed by atoms with van der Waals surface area (Å²) < 4.78 is 65.9. The number of benzene rings is 1. The first kappa shape index (κ1) is 17.9. The van der Waals surface area contributed by atoms with E-state index in [2.05, 4.69) is 14.8 Å². The zero-order valence-electron chi connectivity index (χ0n) is 11.4. The standard InChI is InChI=1S/C12H17F3N2O3S/c1-16-8-10-3-2-4-11(7-10)21(18,19)17-5-6-20-9-12(13,14)15/h2-4,7,16-17H,5-6,8-9H2,1H3. The van der Waals surface area contributed by atoms with E-state index in [4.69, 9.17) is 0 Å². The largest absolute Gasteiger partial charge is 0.411 e. The summed E-state index contributed by atoms with van der Waals surface area (Å²) in [5.74, 6) is 0. The van der Waals surface area contributed by atoms with E-state index < -0.39 is 22.8 Å². The molecule has 0 saturated heterocycles. The third kappa shape index (κ3) is 6.89. The minimum atomic E-state index is -4.42. The molecule has 0 saturated carbocycles. The summed E-state index contributed by atoms with van der Waals surface area (Å²) in [6.45, 7) is -1.46. The fourth-order valence-corrected chi connectivity index (χ4v) is 2.63. The first-order chi connectivity index (χ1) is 9.74. The number of hydrogen-bond acceptors (Lipinski definition) is 4. The summed E-state index contributed by atoms with van der Waals surface area (Å²) in [6, 6.07) is 6.27. The number of nitrogens with one attached hydrogen (secondary N) is 2. The van der Waals surface area contributed by atoms with E-state index in [0.29, 0.717) is 6.54 Å². The van der Waals surface area contributed by atoms with Gasteiger partial charge in [-0.05, 0) is 24.7 Å². The normalized spacial score (nSPS) is 12.6. The molecule has 2 N–H and O–H groups in total. The molecule has 0 atom stereocenters. The Balaban J connectivity index is 2.52. The summed E-state index contributed by atoms with van der Waals surface area (Å²) >= 11 is 0. The zero-order chi connectivity index (χ0) is 15.9. The first-order valence-corrected chi connectivity index (χ1v) is 7.60. The fourth-order valence-electron chi connectivity index (χ4n) is 1.55. The molecule has 1 aromatic rings. The van der Waals surface area contributed by atoms with E-state index in [1.54, 1.807) is 19.2 Å². The van der Waals surface area contributed by atoms with E-state index >= 15 is 0 Å². The van der Waals surface area contributed by atoms with Gasteiger partial charge < -0.3 is 10.1 Å². The molecule has 0 spiro atoms. The molecular formula is C12H17F3N2O3S. The molecule has 9 heteroatoms. The monoisotopic (exact) mass is 326 g/mol. The van der Waals surface area contributed by atoms with Crippen LogP contribution in [0, 0.1) is 0 Å². The van der Waals surface area contributed by atoms with Crippen LogP contribution in [0.5, 0.6) is 0 Å². The van der Waals surface area contributed by atoms with Crippen molar-refractivity contribution in [1.82, 2.24) is 10.0 Å². The average molecular weight is 326 g/mol. The van der Waals surface area contributed by atoms with Crippen LogP contribution in [0.2, 0.25) is 0 Å². The zero-order valence-corrected chi connectivity index (χ0v) is 12.2. The summed E-state index contributed by atoms with van der Waals surface area (Å²) in [5, 5.41) is 2.89. The molecule has 1 aromatic carbocycles. The molecule has 0 aliphatic carbocycles. The molecule has 21 heavy (non-hydrogen) atoms. The van der Waals surface area contributed by atoms with Crippen LogP contribution < -0.4 is 10.0 Å². The first-order valence-electron chi connectivity index (χ1n) is 6.12. The SMILES string of the molecule is CNCc1cccc(S(=O)(=O)NCCOCC(F)(F)F)c1. The second-order valence-corrected chi connectivity index (χ2v) is 6.01. The van der Waals surface area contributed by atoms with Crippen LogP contribution >= 0.6 is 0 Å². The fraction of sp³-hybridized carbons (Fsp3) is 0.500. The second kappa shape index (κ2) is 7.74. The number of rotatable bonds is 8. The molecule has 0 aliphatic rings. The summed E-state index contributed by atoms with van der Waals surface area (Å²) in [7, 11) is -2.02. The molecule has 0 aliphatic heterocycles. The highest BCUT2D eigenvalue weighted by Crippen LogP contribution is 2.14. The molecule has 0 amide bonds. The van der Waals surface area contributed by atoms with Crippen LogP contribution in [0.1, 0.15) is 5.56 Å². The molecule has 5 nitrogen and oxygen atoms in total. The molecule has 0 unspecified atom stereocenters. The van der Waals surface area contributed by atoms with Crippen molar-refractivity contribution in [3.8, 4) is 0 Å². The number of sulfonamides is 1. The highest BCUT2D eigenvalue weighted by atomic mass is 32.2. The Hall–Kier alpha value is -1.16. The van der Waals surface area contributed by atoms with Gasteiger partial charge in [-0.2, -0.15) is 13.2 Å². The number of hydrogen-bond donors (Lipinski definition) is 2. The maximum Gasteiger partial charge on any atom is 0.411 e. The van der Waals surface area contributed by atoms with Crippen molar-refractivity contribution in [1.29, 1.82) is 0 Å². The van der Waals surface area contributed by atoms with E-state index in [1.165, 1.54) is 12.1 Å². The quantitative estimate of drug-likeness (QED) is 0.706. The van der Waals surface area contributed by atoms with Crippen molar-refractivity contribution >= 4 is 10.0 Å². The summed E-state index contributed by atoms with van der Waals surface area (Å²) in [5.41, 5.74) is 0.786. The van der Waals surface area contributed by atoms with Crippen molar-refractivity contribution in [3.05, 3.63) is 29.8 Å². The van der Waals surface area contributed by atoms with E-state index in [9.17, 15) is 21.6 Å². The Labute approximate surface area is 121 Å². The third-order valence-electron chi connectivity index (χ3n) is 2.39. The third-order valence-corrected chi connectivity index (χ3v) is 3.85. The van der Waals surface area contributed by atoms with E-state index in [-0.39, 0.29) is 18.0 Å². The van der Waals surface area contributed by atoms with Crippen molar-refractivity contribution in [2.75, 3.05) is 26.8 Å². The molecule has 0 heterocycles. The minimum absolute atomic E-state index is 0.0612. The average Bonchev–Trinajstić information content (AvgIpc) is 2.37. The smallest absolute Gasteiger partial charge is 0.371 e. The van der Waals surface area contributed by atoms with Gasteiger partial charge in [-0.1, -0.05) is 12.1 Å². The number of halogens is 3. The molecule has 0 radical (unpaired) electrons. The molecule has 0 aromatic heterocycles. The second-order valence-electron chi connectivity index (χ2n) is 4.24. The van der Waals surface area contributed by atoms with Gasteiger partial charge in [-0.25, -0.2) is 13.1 Å². The topological polar surface area (TPSA) is 67.4 Å². The summed E-state index contributed by atoms with van der Waals surface area (Å²) in [4.78, 5) is 0.0612. The van der Waals surface area contributed by atoms with Crippen LogP contribution in [-0.4, -0.2) is 41.4 Å². The predicted octanol–water partition coefficient (Wildman–Crippen LogP) is 1.26. The number of ether oxygens (including phenoxy) is 1. The number of alkyl halides is 3. The van der Waals surface area contributed by atoms with Gasteiger partial charge in [-0.15, -0.1) is 0 Å². The van der Waals surface area contributed by atoms with Gasteiger partial charge in [0.15, 0.2) is 0 Å². The lowest BCUT2D eigenvalue weighted by Gasteiger charge is -2.10. The molecule has 0 bridgehead atoms. The van der Waals surface area contributed by atoms with Crippen molar-refractivity contribution < 1.29 is 26.3 Å². The van der Waals surface area contributed by atoms with Crippen molar-refractivity contribution in [2.45, 2.75) is 17.6 Å².